The maximum absolute atomic E-state index is 11.4. The first-order valence-corrected chi connectivity index (χ1v) is 7.15. The lowest BCUT2D eigenvalue weighted by molar-refractivity contribution is -0.147. The van der Waals surface area contributed by atoms with Gasteiger partial charge >= 0.3 is 23.8 Å². The summed E-state index contributed by atoms with van der Waals surface area (Å²) in [5, 5.41) is 21.4. The number of amides is 2. The zero-order valence-electron chi connectivity index (χ0n) is 12.4. The summed E-state index contributed by atoms with van der Waals surface area (Å²) in [5.74, 6) is -6.11. The van der Waals surface area contributed by atoms with Gasteiger partial charge < -0.3 is 20.8 Å². The van der Waals surface area contributed by atoms with Gasteiger partial charge in [0, 0.05) is 0 Å². The molecule has 0 aromatic heterocycles. The van der Waals surface area contributed by atoms with Crippen molar-refractivity contribution >= 4 is 46.7 Å². The van der Waals surface area contributed by atoms with Crippen LogP contribution in [0.5, 0.6) is 0 Å². The molecule has 9 heteroatoms. The van der Waals surface area contributed by atoms with Gasteiger partial charge in [0.2, 0.25) is 0 Å². The minimum Gasteiger partial charge on any atom is -0.474 e. The fourth-order valence-corrected chi connectivity index (χ4v) is 2.16. The Labute approximate surface area is 146 Å². The van der Waals surface area contributed by atoms with Crippen LogP contribution in [0.1, 0.15) is 0 Å². The first-order valence-electron chi connectivity index (χ1n) is 6.77. The number of benzene rings is 2. The Balaban J connectivity index is 2.54. The van der Waals surface area contributed by atoms with Crippen LogP contribution in [-0.2, 0) is 19.2 Å². The van der Waals surface area contributed by atoms with E-state index in [9.17, 15) is 19.2 Å². The minimum atomic E-state index is -1.72. The lowest BCUT2D eigenvalue weighted by Crippen LogP contribution is -2.24. The molecule has 0 aliphatic carbocycles. The SMILES string of the molecule is O=C(O)C(=O)Nc1cc(-c2ccccc2)cc(NC(=O)C(=O)O)c1Cl. The van der Waals surface area contributed by atoms with E-state index in [0.717, 1.165) is 0 Å². The van der Waals surface area contributed by atoms with Crippen LogP contribution < -0.4 is 10.6 Å². The fraction of sp³-hybridized carbons (Fsp3) is 0. The Morgan fingerprint density at radius 1 is 0.760 bits per heavy atom. The van der Waals surface area contributed by atoms with Crippen LogP contribution in [0.4, 0.5) is 11.4 Å². The van der Waals surface area contributed by atoms with Crippen LogP contribution in [0.15, 0.2) is 42.5 Å². The quantitative estimate of drug-likeness (QED) is 0.618. The molecule has 0 spiro atoms. The van der Waals surface area contributed by atoms with Crippen molar-refractivity contribution in [2.75, 3.05) is 10.6 Å². The number of aliphatic carboxylic acids is 2. The Morgan fingerprint density at radius 3 is 1.60 bits per heavy atom. The number of hydrogen-bond donors (Lipinski definition) is 4. The van der Waals surface area contributed by atoms with Crippen molar-refractivity contribution in [3.8, 4) is 11.1 Å². The molecule has 0 radical (unpaired) electrons. The first-order chi connectivity index (χ1) is 11.8. The molecule has 0 atom stereocenters. The number of halogens is 1. The number of rotatable bonds is 3. The Hall–Kier alpha value is -3.39. The van der Waals surface area contributed by atoms with Crippen LogP contribution in [0.2, 0.25) is 5.02 Å². The molecule has 0 saturated carbocycles. The third kappa shape index (κ3) is 4.33. The summed E-state index contributed by atoms with van der Waals surface area (Å²) in [7, 11) is 0. The molecule has 2 aromatic rings. The summed E-state index contributed by atoms with van der Waals surface area (Å²) in [6.45, 7) is 0. The first kappa shape index (κ1) is 18.0. The van der Waals surface area contributed by atoms with Crippen molar-refractivity contribution in [2.45, 2.75) is 0 Å². The average molecular weight is 363 g/mol. The highest BCUT2D eigenvalue weighted by molar-refractivity contribution is 6.42. The lowest BCUT2D eigenvalue weighted by atomic mass is 10.0. The number of carboxylic acids is 2. The molecule has 0 bridgehead atoms. The van der Waals surface area contributed by atoms with E-state index in [1.807, 2.05) is 0 Å². The molecular formula is C16H11ClN2O6. The molecule has 0 fully saturated rings. The summed E-state index contributed by atoms with van der Waals surface area (Å²) < 4.78 is 0. The summed E-state index contributed by atoms with van der Waals surface area (Å²) >= 11 is 6.05. The number of nitrogens with one attached hydrogen (secondary N) is 2. The van der Waals surface area contributed by atoms with Gasteiger partial charge in [0.05, 0.1) is 16.4 Å². The topological polar surface area (TPSA) is 133 Å². The van der Waals surface area contributed by atoms with Gasteiger partial charge in [-0.2, -0.15) is 0 Å². The Bertz CT molecular complexity index is 817. The maximum Gasteiger partial charge on any atom is 0.394 e. The molecule has 25 heavy (non-hydrogen) atoms. The van der Waals surface area contributed by atoms with Gasteiger partial charge in [0.25, 0.3) is 0 Å². The third-order valence-electron chi connectivity index (χ3n) is 3.06. The van der Waals surface area contributed by atoms with E-state index in [0.29, 0.717) is 11.1 Å². The summed E-state index contributed by atoms with van der Waals surface area (Å²) in [6, 6.07) is 11.6. The zero-order chi connectivity index (χ0) is 18.6. The smallest absolute Gasteiger partial charge is 0.394 e. The second kappa shape index (κ2) is 7.45. The Kier molecular flexibility index (Phi) is 5.35. The fourth-order valence-electron chi connectivity index (χ4n) is 1.96. The highest BCUT2D eigenvalue weighted by Crippen LogP contribution is 2.36. The Morgan fingerprint density at radius 2 is 1.20 bits per heavy atom. The van der Waals surface area contributed by atoms with Crippen LogP contribution >= 0.6 is 11.6 Å². The number of carbonyl (C=O) groups is 4. The van der Waals surface area contributed by atoms with Gasteiger partial charge in [-0.15, -0.1) is 0 Å². The summed E-state index contributed by atoms with van der Waals surface area (Å²) in [5.41, 5.74) is 0.981. The molecule has 8 nitrogen and oxygen atoms in total. The molecule has 0 heterocycles. The van der Waals surface area contributed by atoms with Crippen LogP contribution in [-0.4, -0.2) is 34.0 Å². The molecule has 4 N–H and O–H groups in total. The second-order valence-corrected chi connectivity index (χ2v) is 5.15. The molecular weight excluding hydrogens is 352 g/mol. The van der Waals surface area contributed by atoms with Crippen molar-refractivity contribution in [1.82, 2.24) is 0 Å². The zero-order valence-corrected chi connectivity index (χ0v) is 13.2. The van der Waals surface area contributed by atoms with E-state index in [4.69, 9.17) is 21.8 Å². The lowest BCUT2D eigenvalue weighted by Gasteiger charge is -2.13. The predicted octanol–water partition coefficient (Wildman–Crippen LogP) is 2.05. The van der Waals surface area contributed by atoms with Gasteiger partial charge in [-0.05, 0) is 23.3 Å². The highest BCUT2D eigenvalue weighted by Gasteiger charge is 2.19. The van der Waals surface area contributed by atoms with Crippen LogP contribution in [0, 0.1) is 0 Å². The number of hydrogen-bond acceptors (Lipinski definition) is 4. The van der Waals surface area contributed by atoms with E-state index >= 15 is 0 Å². The second-order valence-electron chi connectivity index (χ2n) is 4.77. The van der Waals surface area contributed by atoms with Crippen molar-refractivity contribution in [1.29, 1.82) is 0 Å². The van der Waals surface area contributed by atoms with Gasteiger partial charge in [-0.25, -0.2) is 9.59 Å². The molecule has 0 saturated heterocycles. The van der Waals surface area contributed by atoms with E-state index in [1.165, 1.54) is 12.1 Å². The van der Waals surface area contributed by atoms with Gasteiger partial charge in [-0.3, -0.25) is 9.59 Å². The molecule has 2 rings (SSSR count). The van der Waals surface area contributed by atoms with Crippen molar-refractivity contribution < 1.29 is 29.4 Å². The van der Waals surface area contributed by atoms with Crippen molar-refractivity contribution in [3.63, 3.8) is 0 Å². The number of carbonyl (C=O) groups excluding carboxylic acids is 2. The minimum absolute atomic E-state index is 0.0869. The van der Waals surface area contributed by atoms with Gasteiger partial charge in [0.1, 0.15) is 0 Å². The molecule has 0 aliphatic heterocycles. The standard InChI is InChI=1S/C16H11ClN2O6/c17-12-10(18-13(20)15(22)23)6-9(8-4-2-1-3-5-8)7-11(12)19-14(21)16(24)25/h1-7H,(H,18,20)(H,19,21)(H,22,23)(H,24,25). The predicted molar refractivity (Wildman–Crippen MR) is 89.4 cm³/mol. The normalized spacial score (nSPS) is 9.96. The average Bonchev–Trinajstić information content (AvgIpc) is 2.58. The van der Waals surface area contributed by atoms with E-state index in [-0.39, 0.29) is 16.4 Å². The van der Waals surface area contributed by atoms with Crippen LogP contribution in [0.25, 0.3) is 11.1 Å². The number of anilines is 2. The van der Waals surface area contributed by atoms with Gasteiger partial charge in [0.15, 0.2) is 0 Å². The molecule has 0 aliphatic rings. The summed E-state index contributed by atoms with van der Waals surface area (Å²) in [4.78, 5) is 44.2. The largest absolute Gasteiger partial charge is 0.474 e. The van der Waals surface area contributed by atoms with Crippen molar-refractivity contribution in [3.05, 3.63) is 47.5 Å². The van der Waals surface area contributed by atoms with E-state index in [1.54, 1.807) is 30.3 Å². The van der Waals surface area contributed by atoms with E-state index < -0.39 is 23.8 Å². The van der Waals surface area contributed by atoms with Crippen LogP contribution in [0.3, 0.4) is 0 Å². The molecule has 2 amide bonds. The van der Waals surface area contributed by atoms with Gasteiger partial charge in [-0.1, -0.05) is 41.9 Å². The molecule has 0 unspecified atom stereocenters. The number of carboxylic acid groups (broad SMARTS) is 2. The monoisotopic (exact) mass is 362 g/mol. The molecule has 2 aromatic carbocycles. The molecule has 128 valence electrons. The highest BCUT2D eigenvalue weighted by atomic mass is 35.5. The maximum atomic E-state index is 11.4. The van der Waals surface area contributed by atoms with Crippen molar-refractivity contribution in [2.24, 2.45) is 0 Å². The summed E-state index contributed by atoms with van der Waals surface area (Å²) in [6.07, 6.45) is 0. The van der Waals surface area contributed by atoms with E-state index in [2.05, 4.69) is 10.6 Å². The third-order valence-corrected chi connectivity index (χ3v) is 3.47.